The molecule has 2 aromatic rings. The van der Waals surface area contributed by atoms with Gasteiger partial charge in [-0.25, -0.2) is 19.2 Å². The normalized spacial score (nSPS) is 13.3. The SMILES string of the molecule is COc1ncc(N2CCN(c3c(C#N)ccc(COC(=O)NC(=N)N)c3F)CC2)cn1. The van der Waals surface area contributed by atoms with Gasteiger partial charge in [0.25, 0.3) is 0 Å². The molecule has 0 spiro atoms. The zero-order valence-corrected chi connectivity index (χ0v) is 16.8. The maximum absolute atomic E-state index is 15.2. The van der Waals surface area contributed by atoms with E-state index in [2.05, 4.69) is 14.9 Å². The van der Waals surface area contributed by atoms with Gasteiger partial charge in [0.2, 0.25) is 0 Å². The van der Waals surface area contributed by atoms with Crippen LogP contribution in [0.15, 0.2) is 24.5 Å². The van der Waals surface area contributed by atoms with Crippen LogP contribution in [0.3, 0.4) is 0 Å². The molecule has 11 nitrogen and oxygen atoms in total. The Morgan fingerprint density at radius 1 is 1.29 bits per heavy atom. The molecule has 0 unspecified atom stereocenters. The molecule has 31 heavy (non-hydrogen) atoms. The predicted octanol–water partition coefficient (Wildman–Crippen LogP) is 0.942. The highest BCUT2D eigenvalue weighted by Gasteiger charge is 2.24. The summed E-state index contributed by atoms with van der Waals surface area (Å²) in [5.74, 6) is -1.21. The number of guanidine groups is 1. The number of hydrogen-bond acceptors (Lipinski definition) is 9. The molecule has 0 saturated carbocycles. The van der Waals surface area contributed by atoms with E-state index in [0.717, 1.165) is 5.69 Å². The topological polar surface area (TPSA) is 153 Å². The van der Waals surface area contributed by atoms with Gasteiger partial charge in [0.1, 0.15) is 12.7 Å². The van der Waals surface area contributed by atoms with Crippen molar-refractivity contribution in [3.05, 3.63) is 41.5 Å². The molecule has 2 heterocycles. The van der Waals surface area contributed by atoms with Crippen LogP contribution in [0.1, 0.15) is 11.1 Å². The minimum absolute atomic E-state index is 0.110. The van der Waals surface area contributed by atoms with Crippen LogP contribution in [0.25, 0.3) is 0 Å². The number of nitrogens with two attached hydrogens (primary N) is 1. The van der Waals surface area contributed by atoms with Gasteiger partial charge in [0, 0.05) is 31.7 Å². The number of piperazine rings is 1. The van der Waals surface area contributed by atoms with E-state index in [9.17, 15) is 10.1 Å². The lowest BCUT2D eigenvalue weighted by atomic mass is 10.1. The van der Waals surface area contributed by atoms with Gasteiger partial charge >= 0.3 is 12.1 Å². The van der Waals surface area contributed by atoms with E-state index < -0.39 is 17.9 Å². The average molecular weight is 428 g/mol. The number of halogens is 1. The van der Waals surface area contributed by atoms with Gasteiger partial charge in [-0.05, 0) is 6.07 Å². The van der Waals surface area contributed by atoms with Crippen LogP contribution in [0.5, 0.6) is 6.01 Å². The third-order valence-electron chi connectivity index (χ3n) is 4.67. The zero-order chi connectivity index (χ0) is 22.4. The summed E-state index contributed by atoms with van der Waals surface area (Å²) in [7, 11) is 1.49. The Labute approximate surface area is 177 Å². The number of nitrogens with one attached hydrogen (secondary N) is 2. The number of alkyl carbamates (subject to hydrolysis) is 1. The van der Waals surface area contributed by atoms with E-state index in [1.54, 1.807) is 17.3 Å². The molecule has 4 N–H and O–H groups in total. The number of rotatable bonds is 5. The first kappa shape index (κ1) is 21.6. The number of nitriles is 1. The first-order valence-corrected chi connectivity index (χ1v) is 9.28. The van der Waals surface area contributed by atoms with Gasteiger partial charge in [0.05, 0.1) is 36.4 Å². The van der Waals surface area contributed by atoms with Crippen molar-refractivity contribution in [2.45, 2.75) is 6.61 Å². The second-order valence-corrected chi connectivity index (χ2v) is 6.56. The highest BCUT2D eigenvalue weighted by Crippen LogP contribution is 2.29. The molecule has 1 fully saturated rings. The summed E-state index contributed by atoms with van der Waals surface area (Å²) >= 11 is 0. The number of carbonyl (C=O) groups excluding carboxylic acids is 1. The summed E-state index contributed by atoms with van der Waals surface area (Å²) in [4.78, 5) is 23.5. The molecular weight excluding hydrogens is 407 g/mol. The molecule has 1 saturated heterocycles. The second kappa shape index (κ2) is 9.57. The van der Waals surface area contributed by atoms with Crippen molar-refractivity contribution in [3.8, 4) is 12.1 Å². The lowest BCUT2D eigenvalue weighted by Gasteiger charge is -2.37. The number of anilines is 2. The standard InChI is InChI=1S/C19H21FN8O3/c1-30-18-24-9-14(10-25-18)27-4-6-28(7-5-27)16-12(8-21)2-3-13(15(16)20)11-31-19(29)26-17(22)23/h2-3,9-10H,4-7,11H2,1H3,(H4,22,23,26,29). The van der Waals surface area contributed by atoms with E-state index in [1.165, 1.54) is 19.2 Å². The molecule has 0 atom stereocenters. The van der Waals surface area contributed by atoms with E-state index in [1.807, 2.05) is 11.4 Å². The smallest absolute Gasteiger partial charge is 0.414 e. The Morgan fingerprint density at radius 2 is 1.94 bits per heavy atom. The van der Waals surface area contributed by atoms with Crippen LogP contribution in [0, 0.1) is 22.6 Å². The Kier molecular flexibility index (Phi) is 6.66. The van der Waals surface area contributed by atoms with Crippen molar-refractivity contribution in [2.24, 2.45) is 5.73 Å². The minimum atomic E-state index is -0.965. The van der Waals surface area contributed by atoms with Crippen molar-refractivity contribution in [2.75, 3.05) is 43.1 Å². The fourth-order valence-electron chi connectivity index (χ4n) is 3.17. The monoisotopic (exact) mass is 428 g/mol. The summed E-state index contributed by atoms with van der Waals surface area (Å²) in [5, 5.41) is 18.4. The molecule has 3 rings (SSSR count). The lowest BCUT2D eigenvalue weighted by molar-refractivity contribution is 0.143. The van der Waals surface area contributed by atoms with Crippen LogP contribution in [0.2, 0.25) is 0 Å². The van der Waals surface area contributed by atoms with Gasteiger partial charge < -0.3 is 25.0 Å². The summed E-state index contributed by atoms with van der Waals surface area (Å²) in [6.45, 7) is 1.70. The van der Waals surface area contributed by atoms with Crippen LogP contribution in [0.4, 0.5) is 20.6 Å². The fourth-order valence-corrected chi connectivity index (χ4v) is 3.17. The number of ether oxygens (including phenoxy) is 2. The largest absolute Gasteiger partial charge is 0.467 e. The number of carbonyl (C=O) groups is 1. The van der Waals surface area contributed by atoms with Gasteiger partial charge in [-0.1, -0.05) is 6.07 Å². The number of amides is 1. The number of nitrogens with zero attached hydrogens (tertiary/aromatic N) is 5. The van der Waals surface area contributed by atoms with Crippen molar-refractivity contribution in [1.82, 2.24) is 15.3 Å². The number of aromatic nitrogens is 2. The zero-order valence-electron chi connectivity index (χ0n) is 16.8. The molecule has 1 amide bonds. The van der Waals surface area contributed by atoms with Gasteiger partial charge in [-0.3, -0.25) is 10.7 Å². The lowest BCUT2D eigenvalue weighted by Crippen LogP contribution is -2.47. The van der Waals surface area contributed by atoms with Gasteiger partial charge in [-0.2, -0.15) is 5.26 Å². The fraction of sp³-hybridized carbons (Fsp3) is 0.316. The Hall–Kier alpha value is -4.14. The number of benzene rings is 1. The Balaban J connectivity index is 1.72. The molecule has 12 heteroatoms. The van der Waals surface area contributed by atoms with Crippen molar-refractivity contribution in [1.29, 1.82) is 10.7 Å². The molecule has 0 aliphatic carbocycles. The first-order valence-electron chi connectivity index (χ1n) is 9.28. The van der Waals surface area contributed by atoms with Crippen LogP contribution < -0.4 is 25.6 Å². The maximum Gasteiger partial charge on any atom is 0.414 e. The van der Waals surface area contributed by atoms with Crippen LogP contribution >= 0.6 is 0 Å². The summed E-state index contributed by atoms with van der Waals surface area (Å²) in [6, 6.07) is 5.17. The molecule has 0 bridgehead atoms. The molecule has 1 aromatic carbocycles. The first-order chi connectivity index (χ1) is 14.9. The van der Waals surface area contributed by atoms with E-state index in [0.29, 0.717) is 26.2 Å². The van der Waals surface area contributed by atoms with E-state index in [-0.39, 0.29) is 29.4 Å². The highest BCUT2D eigenvalue weighted by atomic mass is 19.1. The second-order valence-electron chi connectivity index (χ2n) is 6.56. The molecule has 0 radical (unpaired) electrons. The highest BCUT2D eigenvalue weighted by molar-refractivity contribution is 5.90. The summed E-state index contributed by atoms with van der Waals surface area (Å²) < 4.78 is 25.0. The van der Waals surface area contributed by atoms with Gasteiger partial charge in [-0.15, -0.1) is 0 Å². The van der Waals surface area contributed by atoms with Crippen LogP contribution in [-0.4, -0.2) is 55.3 Å². The molecular formula is C19H21FN8O3. The summed E-state index contributed by atoms with van der Waals surface area (Å²) in [6.07, 6.45) is 2.35. The Morgan fingerprint density at radius 3 is 2.52 bits per heavy atom. The molecule has 1 aliphatic rings. The number of methoxy groups -OCH3 is 1. The summed E-state index contributed by atoms with van der Waals surface area (Å²) in [5.41, 5.74) is 6.34. The van der Waals surface area contributed by atoms with E-state index in [4.69, 9.17) is 20.6 Å². The quantitative estimate of drug-likeness (QED) is 0.466. The van der Waals surface area contributed by atoms with Gasteiger partial charge in [0.15, 0.2) is 11.8 Å². The van der Waals surface area contributed by atoms with Crippen molar-refractivity contribution < 1.29 is 18.7 Å². The minimum Gasteiger partial charge on any atom is -0.467 e. The number of hydrogen-bond donors (Lipinski definition) is 3. The molecule has 1 aliphatic heterocycles. The molecule has 162 valence electrons. The van der Waals surface area contributed by atoms with Crippen LogP contribution in [-0.2, 0) is 11.3 Å². The predicted molar refractivity (Wildman–Crippen MR) is 109 cm³/mol. The van der Waals surface area contributed by atoms with E-state index >= 15 is 4.39 Å². The van der Waals surface area contributed by atoms with Crippen molar-refractivity contribution in [3.63, 3.8) is 0 Å². The Bertz CT molecular complexity index is 1000. The third kappa shape index (κ3) is 5.08. The van der Waals surface area contributed by atoms with Crippen molar-refractivity contribution >= 4 is 23.4 Å². The molecule has 1 aromatic heterocycles. The third-order valence-corrected chi connectivity index (χ3v) is 4.67. The maximum atomic E-state index is 15.2. The average Bonchev–Trinajstić information content (AvgIpc) is 2.78.